The van der Waals surface area contributed by atoms with Gasteiger partial charge in [0, 0.05) is 34.9 Å². The van der Waals surface area contributed by atoms with Gasteiger partial charge in [-0.1, -0.05) is 55.5 Å². The van der Waals surface area contributed by atoms with E-state index in [-0.39, 0.29) is 48.3 Å². The van der Waals surface area contributed by atoms with Crippen molar-refractivity contribution in [2.45, 2.75) is 87.5 Å². The Morgan fingerprint density at radius 1 is 0.943 bits per heavy atom. The highest BCUT2D eigenvalue weighted by atomic mass is 28.4. The number of fused-ring (bicyclic) bond motifs is 2. The standard InChI is InChI=1S/C41H51N5O6Si/c1-28-37(53(2,3)51)35(24-36(48)43-23-9-12-32(43)26-47)52-41(28)33-13-7-8-14-34(33)44(39(41)50)25-29-15-17-30(18-16-29)45-27-46(31-10-5-4-6-11-31)40(38(45)49)19-21-42-22-20-40/h4-8,10-11,13-18,28,32,35,37,42,47,51H,9,12,19-27H2,1-3H3/t28-,32-,35+,37-,41+/m0/s1. The van der Waals surface area contributed by atoms with E-state index in [0.717, 1.165) is 67.0 Å². The van der Waals surface area contributed by atoms with Gasteiger partial charge in [-0.05, 0) is 87.8 Å². The number of carbonyl (C=O) groups is 3. The number of amides is 3. The molecule has 280 valence electrons. The van der Waals surface area contributed by atoms with Gasteiger partial charge < -0.3 is 34.7 Å². The van der Waals surface area contributed by atoms with Crippen LogP contribution in [0.1, 0.15) is 50.2 Å². The summed E-state index contributed by atoms with van der Waals surface area (Å²) < 4.78 is 6.89. The first-order valence-corrected chi connectivity index (χ1v) is 22.2. The Hall–Kier alpha value is -4.07. The van der Waals surface area contributed by atoms with Gasteiger partial charge in [-0.3, -0.25) is 19.3 Å². The van der Waals surface area contributed by atoms with Crippen molar-refractivity contribution in [1.29, 1.82) is 0 Å². The van der Waals surface area contributed by atoms with Crippen LogP contribution in [0.25, 0.3) is 0 Å². The summed E-state index contributed by atoms with van der Waals surface area (Å²) >= 11 is 0. The number of piperidine rings is 1. The SMILES string of the molecule is C[C@H]1[C@H]([Si](C)(C)O)[C@@H](CC(=O)N2CCC[C@H]2CO)O[C@]12C(=O)N(Cc1ccc(N3CN(c4ccccc4)C4(CCNCC4)C3=O)cc1)c1ccccc12. The van der Waals surface area contributed by atoms with E-state index >= 15 is 0 Å². The summed E-state index contributed by atoms with van der Waals surface area (Å²) in [5.41, 5.74) is 1.99. The Balaban J connectivity index is 1.05. The smallest absolute Gasteiger partial charge is 0.264 e. The lowest BCUT2D eigenvalue weighted by atomic mass is 9.82. The average Bonchev–Trinajstić information content (AvgIpc) is 3.89. The molecule has 0 unspecified atom stereocenters. The van der Waals surface area contributed by atoms with Crippen LogP contribution in [0.2, 0.25) is 18.6 Å². The minimum absolute atomic E-state index is 0.0515. The van der Waals surface area contributed by atoms with Gasteiger partial charge in [0.05, 0.1) is 44.1 Å². The Kier molecular flexibility index (Phi) is 9.25. The number of carbonyl (C=O) groups excluding carboxylic acids is 3. The fraction of sp³-hybridized carbons (Fsp3) is 0.488. The highest BCUT2D eigenvalue weighted by molar-refractivity contribution is 6.71. The number of aliphatic hydroxyl groups is 1. The van der Waals surface area contributed by atoms with Crippen LogP contribution in [-0.2, 0) is 31.3 Å². The van der Waals surface area contributed by atoms with Crippen LogP contribution in [0.3, 0.4) is 0 Å². The van der Waals surface area contributed by atoms with Crippen LogP contribution in [0.15, 0.2) is 78.9 Å². The molecule has 4 saturated heterocycles. The van der Waals surface area contributed by atoms with Gasteiger partial charge in [-0.25, -0.2) is 0 Å². The third-order valence-corrected chi connectivity index (χ3v) is 15.2. The summed E-state index contributed by atoms with van der Waals surface area (Å²) in [6.45, 7) is 8.56. The fourth-order valence-corrected chi connectivity index (χ4v) is 12.7. The number of para-hydroxylation sites is 2. The van der Waals surface area contributed by atoms with E-state index < -0.39 is 25.6 Å². The first-order chi connectivity index (χ1) is 25.5. The van der Waals surface area contributed by atoms with Gasteiger partial charge >= 0.3 is 0 Å². The van der Waals surface area contributed by atoms with E-state index in [1.807, 2.05) is 91.6 Å². The summed E-state index contributed by atoms with van der Waals surface area (Å²) in [5.74, 6) is -0.562. The second-order valence-corrected chi connectivity index (χ2v) is 20.1. The lowest BCUT2D eigenvalue weighted by Gasteiger charge is -2.39. The summed E-state index contributed by atoms with van der Waals surface area (Å²) in [7, 11) is -2.94. The largest absolute Gasteiger partial charge is 0.432 e. The van der Waals surface area contributed by atoms with Crippen molar-refractivity contribution in [3.63, 3.8) is 0 Å². The fourth-order valence-electron chi connectivity index (χ4n) is 10.2. The third kappa shape index (κ3) is 5.81. The molecule has 5 heterocycles. The molecule has 0 aromatic heterocycles. The second kappa shape index (κ2) is 13.7. The van der Waals surface area contributed by atoms with E-state index in [9.17, 15) is 24.3 Å². The number of nitrogens with one attached hydrogen (secondary N) is 1. The lowest BCUT2D eigenvalue weighted by Crippen LogP contribution is -2.55. The maximum Gasteiger partial charge on any atom is 0.264 e. The van der Waals surface area contributed by atoms with Gasteiger partial charge in [0.1, 0.15) is 5.54 Å². The molecule has 5 aliphatic heterocycles. The predicted octanol–water partition coefficient (Wildman–Crippen LogP) is 4.34. The molecule has 5 atom stereocenters. The maximum atomic E-state index is 14.9. The zero-order valence-corrected chi connectivity index (χ0v) is 31.9. The minimum Gasteiger partial charge on any atom is -0.432 e. The van der Waals surface area contributed by atoms with Gasteiger partial charge in [0.2, 0.25) is 5.91 Å². The summed E-state index contributed by atoms with van der Waals surface area (Å²) in [4.78, 5) is 62.0. The molecule has 11 nitrogen and oxygen atoms in total. The number of benzene rings is 3. The number of ether oxygens (including phenoxy) is 1. The first kappa shape index (κ1) is 35.9. The van der Waals surface area contributed by atoms with Crippen LogP contribution < -0.4 is 20.0 Å². The van der Waals surface area contributed by atoms with Gasteiger partial charge in [-0.2, -0.15) is 0 Å². The molecular formula is C41H51N5O6Si. The number of hydrogen-bond acceptors (Lipinski definition) is 8. The maximum absolute atomic E-state index is 14.9. The Morgan fingerprint density at radius 2 is 1.64 bits per heavy atom. The summed E-state index contributed by atoms with van der Waals surface area (Å²) in [6.07, 6.45) is 2.49. The molecule has 5 aliphatic rings. The van der Waals surface area contributed by atoms with Crippen molar-refractivity contribution in [3.05, 3.63) is 90.0 Å². The highest BCUT2D eigenvalue weighted by Crippen LogP contribution is 2.60. The number of nitrogens with zero attached hydrogens (tertiary/aromatic N) is 4. The molecular weight excluding hydrogens is 687 g/mol. The number of rotatable bonds is 8. The van der Waals surface area contributed by atoms with Crippen molar-refractivity contribution in [3.8, 4) is 0 Å². The zero-order chi connectivity index (χ0) is 37.1. The van der Waals surface area contributed by atoms with Crippen LogP contribution >= 0.6 is 0 Å². The van der Waals surface area contributed by atoms with E-state index in [2.05, 4.69) is 22.3 Å². The Labute approximate surface area is 312 Å². The molecule has 3 aromatic rings. The molecule has 0 saturated carbocycles. The molecule has 53 heavy (non-hydrogen) atoms. The van der Waals surface area contributed by atoms with E-state index in [0.29, 0.717) is 19.8 Å². The molecule has 2 spiro atoms. The van der Waals surface area contributed by atoms with Crippen LogP contribution in [0.5, 0.6) is 0 Å². The molecule has 12 heteroatoms. The molecule has 3 aromatic carbocycles. The topological polar surface area (TPSA) is 126 Å². The third-order valence-electron chi connectivity index (χ3n) is 12.7. The van der Waals surface area contributed by atoms with Gasteiger partial charge in [0.25, 0.3) is 11.8 Å². The van der Waals surface area contributed by atoms with Crippen LogP contribution in [-0.4, -0.2) is 91.4 Å². The van der Waals surface area contributed by atoms with E-state index in [1.165, 1.54) is 0 Å². The molecule has 3 amide bonds. The molecule has 0 aliphatic carbocycles. The van der Waals surface area contributed by atoms with Crippen molar-refractivity contribution in [2.75, 3.05) is 47.6 Å². The molecule has 0 radical (unpaired) electrons. The number of hydrogen-bond donors (Lipinski definition) is 3. The van der Waals surface area contributed by atoms with Crippen molar-refractivity contribution in [1.82, 2.24) is 10.2 Å². The quantitative estimate of drug-likeness (QED) is 0.292. The molecule has 4 fully saturated rings. The lowest BCUT2D eigenvalue weighted by molar-refractivity contribution is -0.150. The Morgan fingerprint density at radius 3 is 2.34 bits per heavy atom. The molecule has 0 bridgehead atoms. The zero-order valence-electron chi connectivity index (χ0n) is 30.9. The van der Waals surface area contributed by atoms with Crippen molar-refractivity contribution in [2.24, 2.45) is 5.92 Å². The number of anilines is 3. The van der Waals surface area contributed by atoms with Crippen LogP contribution in [0.4, 0.5) is 17.1 Å². The number of likely N-dealkylation sites (tertiary alicyclic amines) is 1. The van der Waals surface area contributed by atoms with Crippen molar-refractivity contribution < 1.29 is 29.0 Å². The molecule has 3 N–H and O–H groups in total. The average molecular weight is 738 g/mol. The molecule has 8 rings (SSSR count). The van der Waals surface area contributed by atoms with E-state index in [1.54, 1.807) is 9.80 Å². The van der Waals surface area contributed by atoms with Crippen molar-refractivity contribution >= 4 is 43.1 Å². The summed E-state index contributed by atoms with van der Waals surface area (Å²) in [5, 5.41) is 13.3. The number of aliphatic hydroxyl groups excluding tert-OH is 1. The van der Waals surface area contributed by atoms with Gasteiger partial charge in [0.15, 0.2) is 13.9 Å². The minimum atomic E-state index is -2.94. The van der Waals surface area contributed by atoms with Gasteiger partial charge in [-0.15, -0.1) is 0 Å². The predicted molar refractivity (Wildman–Crippen MR) is 206 cm³/mol. The van der Waals surface area contributed by atoms with E-state index in [4.69, 9.17) is 4.74 Å². The summed E-state index contributed by atoms with van der Waals surface area (Å²) in [6, 6.07) is 25.6. The normalized spacial score (nSPS) is 28.2. The monoisotopic (exact) mass is 737 g/mol. The second-order valence-electron chi connectivity index (χ2n) is 16.1. The highest BCUT2D eigenvalue weighted by Gasteiger charge is 2.66. The van der Waals surface area contributed by atoms with Crippen LogP contribution in [0, 0.1) is 5.92 Å². The Bertz CT molecular complexity index is 1860. The first-order valence-electron chi connectivity index (χ1n) is 19.2.